The Kier molecular flexibility index (Phi) is 8.33. The van der Waals surface area contributed by atoms with Crippen LogP contribution in [-0.2, 0) is 14.4 Å². The second-order valence-electron chi connectivity index (χ2n) is 9.99. The number of β-amino-alcohol motifs (C(OH)–C–C–N with tert-alkyl or cyclic N) is 1. The van der Waals surface area contributed by atoms with Gasteiger partial charge in [0.2, 0.25) is 17.7 Å². The first-order chi connectivity index (χ1) is 16.4. The van der Waals surface area contributed by atoms with Gasteiger partial charge in [-0.05, 0) is 36.8 Å². The van der Waals surface area contributed by atoms with Crippen molar-refractivity contribution < 1.29 is 19.5 Å². The molecular formula is C26H36N4O4S. The maximum absolute atomic E-state index is 13.5. The van der Waals surface area contributed by atoms with Crippen LogP contribution in [0.25, 0.3) is 10.4 Å². The van der Waals surface area contributed by atoms with Gasteiger partial charge in [-0.25, -0.2) is 4.98 Å². The molecule has 0 spiro atoms. The Morgan fingerprint density at radius 2 is 1.89 bits per heavy atom. The molecule has 0 radical (unpaired) electrons. The average molecular weight is 501 g/mol. The van der Waals surface area contributed by atoms with E-state index in [9.17, 15) is 19.5 Å². The predicted octanol–water partition coefficient (Wildman–Crippen LogP) is 3.20. The molecule has 0 unspecified atom stereocenters. The minimum Gasteiger partial charge on any atom is -0.391 e. The Hall–Kier alpha value is -2.78. The van der Waals surface area contributed by atoms with Crippen LogP contribution in [0.15, 0.2) is 29.8 Å². The van der Waals surface area contributed by atoms with Crippen LogP contribution < -0.4 is 10.6 Å². The Morgan fingerprint density at radius 3 is 2.43 bits per heavy atom. The van der Waals surface area contributed by atoms with Crippen molar-refractivity contribution in [2.45, 2.75) is 78.6 Å². The van der Waals surface area contributed by atoms with Crippen molar-refractivity contribution in [1.82, 2.24) is 20.5 Å². The van der Waals surface area contributed by atoms with Gasteiger partial charge >= 0.3 is 0 Å². The number of hydrogen-bond acceptors (Lipinski definition) is 6. The minimum atomic E-state index is -0.803. The number of nitrogens with zero attached hydrogens (tertiary/aromatic N) is 2. The molecule has 1 aromatic heterocycles. The molecule has 8 nitrogen and oxygen atoms in total. The standard InChI is InChI=1S/C26H36N4O4S/c1-7-26(5,6)23(29-17(4)31)25(34)30-13-20(32)12-21(30)24(33)28-15(2)18-8-10-19(11-9-18)22-16(3)27-14-35-22/h8-11,14-15,20-21,23,32H,7,12-13H2,1-6H3,(H,28,33)(H,29,31)/t15-,20+,21-,23+/m0/s1. The SMILES string of the molecule is CCC(C)(C)[C@H](NC(C)=O)C(=O)N1C[C@H](O)C[C@H]1C(=O)N[C@@H](C)c1ccc(-c2scnc2C)cc1. The number of rotatable bonds is 8. The third-order valence-corrected chi connectivity index (χ3v) is 7.91. The number of aliphatic hydroxyl groups is 1. The molecular weight excluding hydrogens is 464 g/mol. The molecule has 0 saturated carbocycles. The third kappa shape index (κ3) is 6.08. The molecule has 190 valence electrons. The largest absolute Gasteiger partial charge is 0.391 e. The molecule has 3 N–H and O–H groups in total. The number of aliphatic hydroxyl groups excluding tert-OH is 1. The highest BCUT2D eigenvalue weighted by atomic mass is 32.1. The third-order valence-electron chi connectivity index (χ3n) is 6.93. The zero-order valence-electron chi connectivity index (χ0n) is 21.3. The van der Waals surface area contributed by atoms with Gasteiger partial charge < -0.3 is 20.6 Å². The fraction of sp³-hybridized carbons (Fsp3) is 0.538. The molecule has 35 heavy (non-hydrogen) atoms. The van der Waals surface area contributed by atoms with Gasteiger partial charge in [-0.3, -0.25) is 14.4 Å². The molecule has 3 amide bonds. The van der Waals surface area contributed by atoms with Gasteiger partial charge in [0.15, 0.2) is 0 Å². The second kappa shape index (κ2) is 10.9. The Balaban J connectivity index is 1.74. The van der Waals surface area contributed by atoms with Crippen molar-refractivity contribution in [2.75, 3.05) is 6.54 Å². The predicted molar refractivity (Wildman–Crippen MR) is 137 cm³/mol. The number of aryl methyl sites for hydroxylation is 1. The highest BCUT2D eigenvalue weighted by molar-refractivity contribution is 7.13. The zero-order chi connectivity index (χ0) is 25.9. The number of nitrogens with one attached hydrogen (secondary N) is 2. The highest BCUT2D eigenvalue weighted by Crippen LogP contribution is 2.30. The molecule has 2 aromatic rings. The summed E-state index contributed by atoms with van der Waals surface area (Å²) in [6.45, 7) is 11.1. The molecule has 0 aliphatic carbocycles. The van der Waals surface area contributed by atoms with E-state index in [4.69, 9.17) is 0 Å². The number of aromatic nitrogens is 1. The van der Waals surface area contributed by atoms with Gasteiger partial charge in [0, 0.05) is 19.9 Å². The molecule has 1 aliphatic heterocycles. The molecule has 1 aliphatic rings. The topological polar surface area (TPSA) is 112 Å². The van der Waals surface area contributed by atoms with Crippen molar-refractivity contribution in [3.63, 3.8) is 0 Å². The number of carbonyl (C=O) groups is 3. The summed E-state index contributed by atoms with van der Waals surface area (Å²) in [5, 5.41) is 16.1. The first-order valence-corrected chi connectivity index (χ1v) is 12.9. The summed E-state index contributed by atoms with van der Waals surface area (Å²) in [6, 6.07) is 6.10. The van der Waals surface area contributed by atoms with E-state index in [2.05, 4.69) is 15.6 Å². The van der Waals surface area contributed by atoms with Crippen LogP contribution in [0.3, 0.4) is 0 Å². The average Bonchev–Trinajstić information content (AvgIpc) is 3.42. The molecule has 1 fully saturated rings. The number of benzene rings is 1. The van der Waals surface area contributed by atoms with Crippen molar-refractivity contribution in [3.05, 3.63) is 41.0 Å². The maximum atomic E-state index is 13.5. The fourth-order valence-electron chi connectivity index (χ4n) is 4.37. The summed E-state index contributed by atoms with van der Waals surface area (Å²) < 4.78 is 0. The maximum Gasteiger partial charge on any atom is 0.246 e. The number of likely N-dealkylation sites (tertiary alicyclic amines) is 1. The lowest BCUT2D eigenvalue weighted by atomic mass is 9.81. The highest BCUT2D eigenvalue weighted by Gasteiger charge is 2.45. The monoisotopic (exact) mass is 500 g/mol. The lowest BCUT2D eigenvalue weighted by Crippen LogP contribution is -2.58. The number of thiazole rings is 1. The number of amides is 3. The molecule has 9 heteroatoms. The van der Waals surface area contributed by atoms with Gasteiger partial charge in [-0.15, -0.1) is 11.3 Å². The number of hydrogen-bond donors (Lipinski definition) is 3. The van der Waals surface area contributed by atoms with Crippen molar-refractivity contribution >= 4 is 29.1 Å². The van der Waals surface area contributed by atoms with Crippen LogP contribution in [-0.4, -0.2) is 57.4 Å². The molecule has 1 aromatic carbocycles. The van der Waals surface area contributed by atoms with E-state index in [1.165, 1.54) is 11.8 Å². The van der Waals surface area contributed by atoms with Crippen LogP contribution in [0.2, 0.25) is 0 Å². The summed E-state index contributed by atoms with van der Waals surface area (Å²) in [6.07, 6.45) is 0.0211. The quantitative estimate of drug-likeness (QED) is 0.515. The van der Waals surface area contributed by atoms with Crippen LogP contribution >= 0.6 is 11.3 Å². The van der Waals surface area contributed by atoms with E-state index in [1.807, 2.05) is 64.4 Å². The molecule has 0 bridgehead atoms. The Morgan fingerprint density at radius 1 is 1.23 bits per heavy atom. The minimum absolute atomic E-state index is 0.0596. The van der Waals surface area contributed by atoms with Gasteiger partial charge in [0.25, 0.3) is 0 Å². The van der Waals surface area contributed by atoms with E-state index in [1.54, 1.807) is 11.3 Å². The summed E-state index contributed by atoms with van der Waals surface area (Å²) in [4.78, 5) is 45.4. The first-order valence-electron chi connectivity index (χ1n) is 12.0. The van der Waals surface area contributed by atoms with E-state index in [0.29, 0.717) is 6.42 Å². The zero-order valence-corrected chi connectivity index (χ0v) is 22.1. The van der Waals surface area contributed by atoms with Crippen molar-refractivity contribution in [3.8, 4) is 10.4 Å². The van der Waals surface area contributed by atoms with Crippen LogP contribution in [0.1, 0.15) is 64.8 Å². The summed E-state index contributed by atoms with van der Waals surface area (Å²) >= 11 is 1.59. The summed E-state index contributed by atoms with van der Waals surface area (Å²) in [7, 11) is 0. The summed E-state index contributed by atoms with van der Waals surface area (Å²) in [5.74, 6) is -0.974. The molecule has 3 rings (SSSR count). The van der Waals surface area contributed by atoms with Crippen molar-refractivity contribution in [1.29, 1.82) is 0 Å². The molecule has 4 atom stereocenters. The Bertz CT molecular complexity index is 1070. The lowest BCUT2D eigenvalue weighted by molar-refractivity contribution is -0.144. The van der Waals surface area contributed by atoms with Crippen LogP contribution in [0.4, 0.5) is 0 Å². The van der Waals surface area contributed by atoms with Gasteiger partial charge in [-0.1, -0.05) is 45.0 Å². The van der Waals surface area contributed by atoms with Crippen LogP contribution in [0, 0.1) is 12.3 Å². The second-order valence-corrected chi connectivity index (χ2v) is 10.8. The van der Waals surface area contributed by atoms with E-state index in [0.717, 1.165) is 21.7 Å². The van der Waals surface area contributed by atoms with Crippen molar-refractivity contribution in [2.24, 2.45) is 5.41 Å². The van der Waals surface area contributed by atoms with Gasteiger partial charge in [-0.2, -0.15) is 0 Å². The first kappa shape index (κ1) is 26.8. The lowest BCUT2D eigenvalue weighted by Gasteiger charge is -2.37. The van der Waals surface area contributed by atoms with E-state index < -0.39 is 23.6 Å². The normalized spacial score (nSPS) is 19.8. The summed E-state index contributed by atoms with van der Waals surface area (Å²) in [5.41, 5.74) is 4.30. The fourth-order valence-corrected chi connectivity index (χ4v) is 5.18. The smallest absolute Gasteiger partial charge is 0.246 e. The van der Waals surface area contributed by atoms with Gasteiger partial charge in [0.1, 0.15) is 12.1 Å². The Labute approximate surface area is 211 Å². The van der Waals surface area contributed by atoms with E-state index in [-0.39, 0.29) is 36.7 Å². The molecule has 1 saturated heterocycles. The van der Waals surface area contributed by atoms with Crippen LogP contribution in [0.5, 0.6) is 0 Å². The molecule has 2 heterocycles. The van der Waals surface area contributed by atoms with E-state index >= 15 is 0 Å². The number of carbonyl (C=O) groups excluding carboxylic acids is 3. The van der Waals surface area contributed by atoms with Gasteiger partial charge in [0.05, 0.1) is 28.2 Å².